The molecule has 0 aromatic carbocycles. The van der Waals surface area contributed by atoms with Crippen LogP contribution in [0.5, 0.6) is 0 Å². The van der Waals surface area contributed by atoms with Gasteiger partial charge in [-0.25, -0.2) is 0 Å². The topological polar surface area (TPSA) is 20.3 Å². The molecule has 3 fully saturated rings. The van der Waals surface area contributed by atoms with E-state index in [2.05, 4.69) is 0 Å². The average Bonchev–Trinajstić information content (AvgIpc) is 2.44. The van der Waals surface area contributed by atoms with Crippen molar-refractivity contribution in [3.8, 4) is 0 Å². The molecule has 0 N–H and O–H groups in total. The number of carbonyl (C=O) groups is 1. The van der Waals surface area contributed by atoms with Gasteiger partial charge in [0.25, 0.3) is 0 Å². The van der Waals surface area contributed by atoms with Crippen molar-refractivity contribution in [3.05, 3.63) is 0 Å². The van der Waals surface area contributed by atoms with Crippen molar-refractivity contribution < 1.29 is 4.79 Å². The number of β-lactam (4-membered cyclic amide) rings is 1. The zero-order chi connectivity index (χ0) is 6.17. The van der Waals surface area contributed by atoms with Gasteiger partial charge in [-0.05, 0) is 18.3 Å². The summed E-state index contributed by atoms with van der Waals surface area (Å²) in [6.07, 6.45) is 1.34. The SMILES string of the molecule is CN1C(=O)[C@H]2[C@@H]3C[C@@H]3[C@H]21. The fraction of sp³-hybridized carbons (Fsp3) is 0.857. The molecule has 2 nitrogen and oxygen atoms in total. The van der Waals surface area contributed by atoms with E-state index in [4.69, 9.17) is 0 Å². The van der Waals surface area contributed by atoms with Crippen molar-refractivity contribution in [2.24, 2.45) is 17.8 Å². The van der Waals surface area contributed by atoms with Crippen LogP contribution in [-0.2, 0) is 4.79 Å². The highest BCUT2D eigenvalue weighted by Crippen LogP contribution is 2.66. The fourth-order valence-corrected chi connectivity index (χ4v) is 2.57. The van der Waals surface area contributed by atoms with Crippen LogP contribution in [0, 0.1) is 17.8 Å². The number of nitrogens with zero attached hydrogens (tertiary/aromatic N) is 1. The van der Waals surface area contributed by atoms with E-state index in [0.29, 0.717) is 17.9 Å². The van der Waals surface area contributed by atoms with Crippen molar-refractivity contribution in [2.75, 3.05) is 7.05 Å². The minimum Gasteiger partial charge on any atom is -0.341 e. The average molecular weight is 123 g/mol. The molecule has 48 valence electrons. The predicted molar refractivity (Wildman–Crippen MR) is 31.6 cm³/mol. The third-order valence-electron chi connectivity index (χ3n) is 3.24. The van der Waals surface area contributed by atoms with E-state index in [9.17, 15) is 4.79 Å². The molecule has 1 aliphatic heterocycles. The van der Waals surface area contributed by atoms with Gasteiger partial charge < -0.3 is 4.90 Å². The lowest BCUT2D eigenvalue weighted by molar-refractivity contribution is -0.166. The highest BCUT2D eigenvalue weighted by Gasteiger charge is 2.72. The number of piperidine rings is 1. The summed E-state index contributed by atoms with van der Waals surface area (Å²) in [7, 11) is 1.93. The van der Waals surface area contributed by atoms with Gasteiger partial charge in [0.05, 0.1) is 5.92 Å². The summed E-state index contributed by atoms with van der Waals surface area (Å²) in [5.74, 6) is 2.65. The van der Waals surface area contributed by atoms with Crippen LogP contribution in [0.1, 0.15) is 6.42 Å². The van der Waals surface area contributed by atoms with Crippen LogP contribution in [-0.4, -0.2) is 23.9 Å². The standard InChI is InChI=1S/C7H9NO/c1-8-6-4-2-3(4)5(6)7(8)9/h3-6H,2H2,1H3/t3-,4+,5+,6-/m1/s1. The molecule has 3 rings (SSSR count). The number of likely N-dealkylation sites (tertiary alicyclic amines) is 1. The Labute approximate surface area is 53.8 Å². The minimum absolute atomic E-state index is 0.402. The smallest absolute Gasteiger partial charge is 0.228 e. The van der Waals surface area contributed by atoms with Gasteiger partial charge >= 0.3 is 0 Å². The monoisotopic (exact) mass is 123 g/mol. The number of rotatable bonds is 0. The molecule has 2 aliphatic carbocycles. The maximum atomic E-state index is 11.0. The van der Waals surface area contributed by atoms with Crippen LogP contribution in [0.2, 0.25) is 0 Å². The molecule has 1 amide bonds. The van der Waals surface area contributed by atoms with Crippen molar-refractivity contribution >= 4 is 5.91 Å². The summed E-state index contributed by atoms with van der Waals surface area (Å²) < 4.78 is 0. The first-order valence-corrected chi connectivity index (χ1v) is 3.57. The molecule has 1 saturated heterocycles. The van der Waals surface area contributed by atoms with Crippen molar-refractivity contribution in [3.63, 3.8) is 0 Å². The van der Waals surface area contributed by atoms with Crippen LogP contribution in [0.15, 0.2) is 0 Å². The van der Waals surface area contributed by atoms with Gasteiger partial charge in [-0.15, -0.1) is 0 Å². The van der Waals surface area contributed by atoms with Crippen LogP contribution in [0.3, 0.4) is 0 Å². The number of hydrogen-bond acceptors (Lipinski definition) is 1. The number of hydrogen-bond donors (Lipinski definition) is 0. The van der Waals surface area contributed by atoms with Gasteiger partial charge in [0.2, 0.25) is 5.91 Å². The lowest BCUT2D eigenvalue weighted by atomic mass is 9.71. The molecule has 0 aromatic rings. The molecule has 0 bridgehead atoms. The van der Waals surface area contributed by atoms with E-state index in [1.54, 1.807) is 0 Å². The zero-order valence-corrected chi connectivity index (χ0v) is 5.37. The Morgan fingerprint density at radius 1 is 1.56 bits per heavy atom. The van der Waals surface area contributed by atoms with E-state index < -0.39 is 0 Å². The zero-order valence-electron chi connectivity index (χ0n) is 5.37. The summed E-state index contributed by atoms with van der Waals surface area (Å²) in [6.45, 7) is 0. The lowest BCUT2D eigenvalue weighted by Crippen LogP contribution is -2.66. The molecule has 4 atom stereocenters. The lowest BCUT2D eigenvalue weighted by Gasteiger charge is -2.52. The second kappa shape index (κ2) is 0.917. The molecule has 1 heterocycles. The van der Waals surface area contributed by atoms with Crippen molar-refractivity contribution in [2.45, 2.75) is 12.5 Å². The van der Waals surface area contributed by atoms with E-state index in [-0.39, 0.29) is 0 Å². The predicted octanol–water partition coefficient (Wildman–Crippen LogP) is 0.0929. The van der Waals surface area contributed by atoms with Gasteiger partial charge in [0.15, 0.2) is 0 Å². The largest absolute Gasteiger partial charge is 0.341 e. The van der Waals surface area contributed by atoms with Crippen molar-refractivity contribution in [1.82, 2.24) is 4.90 Å². The van der Waals surface area contributed by atoms with Crippen LogP contribution >= 0.6 is 0 Å². The van der Waals surface area contributed by atoms with Gasteiger partial charge in [-0.1, -0.05) is 0 Å². The quantitative estimate of drug-likeness (QED) is 0.418. The Bertz CT molecular complexity index is 201. The summed E-state index contributed by atoms with van der Waals surface area (Å²) in [6, 6.07) is 0.683. The molecule has 0 radical (unpaired) electrons. The molecule has 3 aliphatic rings. The van der Waals surface area contributed by atoms with E-state index >= 15 is 0 Å². The van der Waals surface area contributed by atoms with Crippen LogP contribution < -0.4 is 0 Å². The molecule has 9 heavy (non-hydrogen) atoms. The highest BCUT2D eigenvalue weighted by molar-refractivity contribution is 5.89. The first-order valence-electron chi connectivity index (χ1n) is 3.57. The van der Waals surface area contributed by atoms with Crippen LogP contribution in [0.25, 0.3) is 0 Å². The summed E-state index contributed by atoms with van der Waals surface area (Å²) in [5, 5.41) is 0. The molecular weight excluding hydrogens is 114 g/mol. The Hall–Kier alpha value is -0.530. The number of fused-ring (bicyclic) bond motifs is 4. The summed E-state index contributed by atoms with van der Waals surface area (Å²) in [5.41, 5.74) is 0. The maximum Gasteiger partial charge on any atom is 0.228 e. The second-order valence-corrected chi connectivity index (χ2v) is 3.53. The third kappa shape index (κ3) is 0.257. The van der Waals surface area contributed by atoms with Crippen LogP contribution in [0.4, 0.5) is 0 Å². The molecule has 2 heteroatoms. The number of carbonyl (C=O) groups excluding carboxylic acids is 1. The first-order chi connectivity index (χ1) is 4.30. The molecule has 0 spiro atoms. The second-order valence-electron chi connectivity index (χ2n) is 3.53. The highest BCUT2D eigenvalue weighted by atomic mass is 16.2. The molecule has 0 aromatic heterocycles. The van der Waals surface area contributed by atoms with Gasteiger partial charge in [0, 0.05) is 13.1 Å². The van der Waals surface area contributed by atoms with Gasteiger partial charge in [-0.2, -0.15) is 0 Å². The van der Waals surface area contributed by atoms with E-state index in [1.807, 2.05) is 11.9 Å². The fourth-order valence-electron chi connectivity index (χ4n) is 2.57. The Balaban J connectivity index is 1.95. The summed E-state index contributed by atoms with van der Waals surface area (Å²) in [4.78, 5) is 12.9. The molecule has 2 saturated carbocycles. The molecular formula is C7H9NO. The Kier molecular flexibility index (Phi) is 0.439. The number of amides is 1. The maximum absolute atomic E-state index is 11.0. The third-order valence-corrected chi connectivity index (χ3v) is 3.24. The van der Waals surface area contributed by atoms with Gasteiger partial charge in [0.1, 0.15) is 0 Å². The summed E-state index contributed by atoms with van der Waals surface area (Å²) >= 11 is 0. The minimum atomic E-state index is 0.402. The Morgan fingerprint density at radius 3 is 3.00 bits per heavy atom. The Morgan fingerprint density at radius 2 is 2.33 bits per heavy atom. The van der Waals surface area contributed by atoms with Gasteiger partial charge in [-0.3, -0.25) is 4.79 Å². The molecule has 0 unspecified atom stereocenters. The first kappa shape index (κ1) is 4.31. The van der Waals surface area contributed by atoms with E-state index in [1.165, 1.54) is 6.42 Å². The van der Waals surface area contributed by atoms with Crippen molar-refractivity contribution in [1.29, 1.82) is 0 Å². The normalized spacial score (nSPS) is 59.2. The van der Waals surface area contributed by atoms with E-state index in [0.717, 1.165) is 11.8 Å².